The highest BCUT2D eigenvalue weighted by Crippen LogP contribution is 2.37. The van der Waals surface area contributed by atoms with E-state index in [0.717, 1.165) is 16.7 Å². The molecule has 3 aromatic rings. The third-order valence-electron chi connectivity index (χ3n) is 6.82. The molecule has 206 valence electrons. The van der Waals surface area contributed by atoms with Gasteiger partial charge in [0, 0.05) is 37.6 Å². The molecule has 0 aliphatic carbocycles. The predicted molar refractivity (Wildman–Crippen MR) is 131 cm³/mol. The molecule has 1 aliphatic heterocycles. The predicted octanol–water partition coefficient (Wildman–Crippen LogP) is 5.95. The molecule has 39 heavy (non-hydrogen) atoms. The summed E-state index contributed by atoms with van der Waals surface area (Å²) in [5, 5.41) is 0. The van der Waals surface area contributed by atoms with Gasteiger partial charge in [0.05, 0.1) is 22.7 Å². The Labute approximate surface area is 221 Å². The van der Waals surface area contributed by atoms with E-state index in [0.29, 0.717) is 17.7 Å². The number of aromatic nitrogens is 1. The van der Waals surface area contributed by atoms with Gasteiger partial charge in [0.15, 0.2) is 0 Å². The van der Waals surface area contributed by atoms with Crippen molar-refractivity contribution in [1.82, 2.24) is 14.8 Å². The molecule has 11 heteroatoms. The lowest BCUT2D eigenvalue weighted by molar-refractivity contribution is -0.143. The molecule has 2 amide bonds. The average molecular weight is 550 g/mol. The summed E-state index contributed by atoms with van der Waals surface area (Å²) in [6, 6.07) is 9.02. The van der Waals surface area contributed by atoms with Gasteiger partial charge in [-0.25, -0.2) is 0 Å². The number of pyridine rings is 1. The van der Waals surface area contributed by atoms with Crippen molar-refractivity contribution >= 4 is 11.8 Å². The van der Waals surface area contributed by atoms with E-state index in [1.165, 1.54) is 22.2 Å². The van der Waals surface area contributed by atoms with Crippen LogP contribution in [-0.4, -0.2) is 52.3 Å². The largest absolute Gasteiger partial charge is 0.416 e. The summed E-state index contributed by atoms with van der Waals surface area (Å²) in [5.41, 5.74) is -0.668. The van der Waals surface area contributed by atoms with E-state index in [9.17, 15) is 35.9 Å². The normalized spacial score (nSPS) is 16.4. The average Bonchev–Trinajstić information content (AvgIpc) is 2.89. The molecular formula is C28H25F6N3O2. The standard InChI is InChI=1S/C28H25F6N3O2/c1-17-5-6-19(10-18(17)2)11-24-16-36(25(38)20-4-3-7-35-15-20)8-9-37(24)26(39)21-12-22(27(29,30)31)14-23(13-21)28(32,33)34/h3-7,10,12-15,24H,8-9,11,16H2,1-2H3/t24-/m1/s1. The number of piperazine rings is 1. The first-order chi connectivity index (χ1) is 18.2. The van der Waals surface area contributed by atoms with E-state index in [1.54, 1.807) is 12.1 Å². The second kappa shape index (κ2) is 10.7. The molecule has 2 heterocycles. The topological polar surface area (TPSA) is 53.5 Å². The van der Waals surface area contributed by atoms with E-state index < -0.39 is 41.0 Å². The SMILES string of the molecule is Cc1ccc(C[C@@H]2CN(C(=O)c3cccnc3)CCN2C(=O)c2cc(C(F)(F)F)cc(C(F)(F)F)c2)cc1C. The number of carbonyl (C=O) groups excluding carboxylic acids is 2. The number of benzene rings is 2. The van der Waals surface area contributed by atoms with Crippen LogP contribution in [0, 0.1) is 13.8 Å². The number of halogens is 6. The number of rotatable bonds is 4. The molecule has 0 bridgehead atoms. The van der Waals surface area contributed by atoms with Crippen molar-refractivity contribution in [2.24, 2.45) is 0 Å². The van der Waals surface area contributed by atoms with Gasteiger partial charge in [0.25, 0.3) is 11.8 Å². The first-order valence-corrected chi connectivity index (χ1v) is 12.1. The Hall–Kier alpha value is -3.89. The number of carbonyl (C=O) groups is 2. The van der Waals surface area contributed by atoms with Gasteiger partial charge in [0.2, 0.25) is 0 Å². The molecule has 1 fully saturated rings. The van der Waals surface area contributed by atoms with Crippen LogP contribution >= 0.6 is 0 Å². The highest BCUT2D eigenvalue weighted by molar-refractivity contribution is 5.96. The van der Waals surface area contributed by atoms with Crippen molar-refractivity contribution in [2.45, 2.75) is 38.7 Å². The van der Waals surface area contributed by atoms with E-state index in [2.05, 4.69) is 4.98 Å². The van der Waals surface area contributed by atoms with Crippen LogP contribution in [0.5, 0.6) is 0 Å². The molecule has 2 aromatic carbocycles. The monoisotopic (exact) mass is 549 g/mol. The van der Waals surface area contributed by atoms with Crippen LogP contribution in [0.15, 0.2) is 60.9 Å². The fourth-order valence-electron chi connectivity index (χ4n) is 4.60. The Balaban J connectivity index is 1.70. The first-order valence-electron chi connectivity index (χ1n) is 12.1. The Morgan fingerprint density at radius 1 is 0.846 bits per heavy atom. The lowest BCUT2D eigenvalue weighted by Gasteiger charge is -2.42. The Morgan fingerprint density at radius 3 is 2.08 bits per heavy atom. The Morgan fingerprint density at radius 2 is 1.51 bits per heavy atom. The minimum atomic E-state index is -5.08. The van der Waals surface area contributed by atoms with Crippen molar-refractivity contribution < 1.29 is 35.9 Å². The molecule has 0 N–H and O–H groups in total. The molecule has 1 aliphatic rings. The van der Waals surface area contributed by atoms with Gasteiger partial charge in [0.1, 0.15) is 0 Å². The molecule has 0 unspecified atom stereocenters. The summed E-state index contributed by atoms with van der Waals surface area (Å²) in [7, 11) is 0. The van der Waals surface area contributed by atoms with Gasteiger partial charge in [-0.3, -0.25) is 14.6 Å². The molecule has 0 saturated carbocycles. The fourth-order valence-corrected chi connectivity index (χ4v) is 4.60. The van der Waals surface area contributed by atoms with Crippen LogP contribution in [0.1, 0.15) is 48.5 Å². The van der Waals surface area contributed by atoms with Gasteiger partial charge in [-0.1, -0.05) is 18.2 Å². The van der Waals surface area contributed by atoms with E-state index >= 15 is 0 Å². The smallest absolute Gasteiger partial charge is 0.335 e. The zero-order chi connectivity index (χ0) is 28.5. The third-order valence-corrected chi connectivity index (χ3v) is 6.82. The molecule has 0 spiro atoms. The number of amides is 2. The van der Waals surface area contributed by atoms with Gasteiger partial charge in [-0.15, -0.1) is 0 Å². The summed E-state index contributed by atoms with van der Waals surface area (Å²) < 4.78 is 80.6. The number of aryl methyl sites for hydroxylation is 2. The summed E-state index contributed by atoms with van der Waals surface area (Å²) >= 11 is 0. The van der Waals surface area contributed by atoms with E-state index in [1.807, 2.05) is 32.0 Å². The van der Waals surface area contributed by atoms with Crippen LogP contribution < -0.4 is 0 Å². The van der Waals surface area contributed by atoms with Gasteiger partial charge < -0.3 is 9.80 Å². The number of nitrogens with zero attached hydrogens (tertiary/aromatic N) is 3. The summed E-state index contributed by atoms with van der Waals surface area (Å²) in [6.07, 6.45) is -7.00. The van der Waals surface area contributed by atoms with Gasteiger partial charge in [-0.2, -0.15) is 26.3 Å². The minimum Gasteiger partial charge on any atom is -0.335 e. The highest BCUT2D eigenvalue weighted by atomic mass is 19.4. The maximum absolute atomic E-state index is 13.5. The third kappa shape index (κ3) is 6.40. The molecule has 5 nitrogen and oxygen atoms in total. The minimum absolute atomic E-state index is 0.00611. The molecule has 0 radical (unpaired) electrons. The molecule has 1 aromatic heterocycles. The van der Waals surface area contributed by atoms with Gasteiger partial charge in [-0.05, 0) is 67.3 Å². The number of alkyl halides is 6. The second-order valence-corrected chi connectivity index (χ2v) is 9.56. The Kier molecular flexibility index (Phi) is 7.72. The second-order valence-electron chi connectivity index (χ2n) is 9.56. The van der Waals surface area contributed by atoms with Crippen LogP contribution in [0.2, 0.25) is 0 Å². The van der Waals surface area contributed by atoms with Crippen molar-refractivity contribution in [3.8, 4) is 0 Å². The van der Waals surface area contributed by atoms with Crippen LogP contribution in [0.25, 0.3) is 0 Å². The maximum Gasteiger partial charge on any atom is 0.416 e. The highest BCUT2D eigenvalue weighted by Gasteiger charge is 2.39. The quantitative estimate of drug-likeness (QED) is 0.379. The molecule has 4 rings (SSSR count). The van der Waals surface area contributed by atoms with Crippen molar-refractivity contribution in [2.75, 3.05) is 19.6 Å². The number of hydrogen-bond acceptors (Lipinski definition) is 3. The zero-order valence-electron chi connectivity index (χ0n) is 21.1. The summed E-state index contributed by atoms with van der Waals surface area (Å²) in [5.74, 6) is -1.30. The van der Waals surface area contributed by atoms with Gasteiger partial charge >= 0.3 is 12.4 Å². The van der Waals surface area contributed by atoms with Crippen molar-refractivity contribution in [1.29, 1.82) is 0 Å². The Bertz CT molecular complexity index is 1340. The van der Waals surface area contributed by atoms with E-state index in [4.69, 9.17) is 0 Å². The van der Waals surface area contributed by atoms with Crippen LogP contribution in [0.3, 0.4) is 0 Å². The van der Waals surface area contributed by atoms with Crippen LogP contribution in [0.4, 0.5) is 26.3 Å². The lowest BCUT2D eigenvalue weighted by Crippen LogP contribution is -2.57. The fraction of sp³-hybridized carbons (Fsp3) is 0.321. The van der Waals surface area contributed by atoms with Crippen molar-refractivity contribution in [3.63, 3.8) is 0 Å². The maximum atomic E-state index is 13.5. The lowest BCUT2D eigenvalue weighted by atomic mass is 9.97. The summed E-state index contributed by atoms with van der Waals surface area (Å²) in [4.78, 5) is 33.3. The molecular weight excluding hydrogens is 524 g/mol. The van der Waals surface area contributed by atoms with Crippen LogP contribution in [-0.2, 0) is 18.8 Å². The molecule has 1 saturated heterocycles. The summed E-state index contributed by atoms with van der Waals surface area (Å²) in [6.45, 7) is 3.85. The zero-order valence-corrected chi connectivity index (χ0v) is 21.1. The first kappa shape index (κ1) is 28.1. The number of hydrogen-bond donors (Lipinski definition) is 0. The van der Waals surface area contributed by atoms with Crippen molar-refractivity contribution in [3.05, 3.63) is 99.9 Å². The van der Waals surface area contributed by atoms with E-state index in [-0.39, 0.29) is 38.0 Å². The molecule has 1 atom stereocenters.